The SMILES string of the molecule is CN1C[C@H](COC(=O)N2CCCCC2)C[C@@H]2c3cccc4[nH]cc(c34)C[C@H]21. The summed E-state index contributed by atoms with van der Waals surface area (Å²) >= 11 is 0. The second kappa shape index (κ2) is 6.86. The Kier molecular flexibility index (Phi) is 4.35. The number of aromatic nitrogens is 1. The number of likely N-dealkylation sites (tertiary alicyclic amines) is 2. The molecule has 2 aliphatic heterocycles. The van der Waals surface area contributed by atoms with Crippen LogP contribution in [0.4, 0.5) is 4.79 Å². The van der Waals surface area contributed by atoms with E-state index in [0.29, 0.717) is 24.5 Å². The number of hydrogen-bond donors (Lipinski definition) is 1. The number of H-pyrrole nitrogens is 1. The Hall–Kier alpha value is -2.01. The van der Waals surface area contributed by atoms with E-state index in [1.807, 2.05) is 4.90 Å². The molecule has 0 radical (unpaired) electrons. The number of nitrogens with zero attached hydrogens (tertiary/aromatic N) is 2. The van der Waals surface area contributed by atoms with Crippen LogP contribution in [-0.2, 0) is 11.2 Å². The Bertz CT molecular complexity index is 839. The van der Waals surface area contributed by atoms with E-state index in [9.17, 15) is 4.79 Å². The van der Waals surface area contributed by atoms with Gasteiger partial charge in [-0.25, -0.2) is 4.79 Å². The van der Waals surface area contributed by atoms with Crippen molar-refractivity contribution in [2.75, 3.05) is 33.3 Å². The Morgan fingerprint density at radius 3 is 2.96 bits per heavy atom. The molecule has 5 heteroatoms. The van der Waals surface area contributed by atoms with Crippen molar-refractivity contribution in [1.82, 2.24) is 14.8 Å². The molecule has 2 saturated heterocycles. The summed E-state index contributed by atoms with van der Waals surface area (Å²) in [4.78, 5) is 20.2. The van der Waals surface area contributed by atoms with Crippen molar-refractivity contribution in [2.24, 2.45) is 5.92 Å². The number of carbonyl (C=O) groups is 1. The van der Waals surface area contributed by atoms with E-state index in [2.05, 4.69) is 41.3 Å². The number of fused-ring (bicyclic) bond motifs is 2. The van der Waals surface area contributed by atoms with Crippen molar-refractivity contribution in [2.45, 2.75) is 44.1 Å². The number of rotatable bonds is 2. The minimum absolute atomic E-state index is 0.113. The molecule has 5 nitrogen and oxygen atoms in total. The molecule has 1 aromatic heterocycles. The van der Waals surface area contributed by atoms with Gasteiger partial charge in [0.05, 0.1) is 6.61 Å². The monoisotopic (exact) mass is 367 g/mol. The highest BCUT2D eigenvalue weighted by Gasteiger charge is 2.39. The maximum absolute atomic E-state index is 12.4. The molecule has 3 aliphatic rings. The fourth-order valence-corrected chi connectivity index (χ4v) is 5.53. The first-order valence-corrected chi connectivity index (χ1v) is 10.4. The number of amides is 1. The van der Waals surface area contributed by atoms with E-state index in [0.717, 1.165) is 45.3 Å². The minimum atomic E-state index is -0.113. The van der Waals surface area contributed by atoms with Gasteiger partial charge in [-0.05, 0) is 56.3 Å². The fraction of sp³-hybridized carbons (Fsp3) is 0.591. The van der Waals surface area contributed by atoms with Crippen LogP contribution in [0.2, 0.25) is 0 Å². The normalized spacial score (nSPS) is 28.2. The lowest BCUT2D eigenvalue weighted by atomic mass is 9.72. The summed E-state index contributed by atoms with van der Waals surface area (Å²) in [5.74, 6) is 0.926. The third-order valence-corrected chi connectivity index (χ3v) is 6.87. The van der Waals surface area contributed by atoms with Crippen LogP contribution in [0, 0.1) is 5.92 Å². The molecule has 2 fully saturated rings. The van der Waals surface area contributed by atoms with Gasteiger partial charge < -0.3 is 19.5 Å². The minimum Gasteiger partial charge on any atom is -0.449 e. The molecule has 2 aromatic rings. The summed E-state index contributed by atoms with van der Waals surface area (Å²) in [7, 11) is 2.23. The number of likely N-dealkylation sites (N-methyl/N-ethyl adjacent to an activating group) is 1. The second-order valence-corrected chi connectivity index (χ2v) is 8.63. The molecule has 1 aliphatic carbocycles. The smallest absolute Gasteiger partial charge is 0.409 e. The van der Waals surface area contributed by atoms with Gasteiger partial charge in [-0.3, -0.25) is 0 Å². The van der Waals surface area contributed by atoms with E-state index in [1.165, 1.54) is 28.5 Å². The Morgan fingerprint density at radius 1 is 1.26 bits per heavy atom. The molecular weight excluding hydrogens is 338 g/mol. The lowest BCUT2D eigenvalue weighted by Crippen LogP contribution is -2.49. The van der Waals surface area contributed by atoms with Gasteiger partial charge in [-0.1, -0.05) is 12.1 Å². The van der Waals surface area contributed by atoms with Crippen LogP contribution in [-0.4, -0.2) is 60.2 Å². The zero-order valence-corrected chi connectivity index (χ0v) is 16.1. The Balaban J connectivity index is 1.30. The van der Waals surface area contributed by atoms with Crippen molar-refractivity contribution in [3.63, 3.8) is 0 Å². The summed E-state index contributed by atoms with van der Waals surface area (Å²) in [6.07, 6.45) is 7.72. The summed E-state index contributed by atoms with van der Waals surface area (Å²) in [6.45, 7) is 3.25. The lowest BCUT2D eigenvalue weighted by Gasteiger charge is -2.45. The zero-order valence-electron chi connectivity index (χ0n) is 16.1. The highest BCUT2D eigenvalue weighted by molar-refractivity contribution is 5.88. The molecule has 144 valence electrons. The molecule has 5 rings (SSSR count). The van der Waals surface area contributed by atoms with Crippen molar-refractivity contribution < 1.29 is 9.53 Å². The van der Waals surface area contributed by atoms with E-state index < -0.39 is 0 Å². The van der Waals surface area contributed by atoms with Gasteiger partial charge in [0.2, 0.25) is 0 Å². The van der Waals surface area contributed by atoms with Crippen molar-refractivity contribution >= 4 is 17.0 Å². The predicted octanol–water partition coefficient (Wildman–Crippen LogP) is 3.75. The van der Waals surface area contributed by atoms with Crippen molar-refractivity contribution in [3.8, 4) is 0 Å². The molecule has 3 atom stereocenters. The first kappa shape index (κ1) is 17.1. The number of benzene rings is 1. The predicted molar refractivity (Wildman–Crippen MR) is 106 cm³/mol. The summed E-state index contributed by atoms with van der Waals surface area (Å²) in [5, 5.41) is 1.43. The summed E-state index contributed by atoms with van der Waals surface area (Å²) in [6, 6.07) is 7.19. The number of nitrogens with one attached hydrogen (secondary N) is 1. The lowest BCUT2D eigenvalue weighted by molar-refractivity contribution is 0.0444. The number of aromatic amines is 1. The second-order valence-electron chi connectivity index (χ2n) is 8.63. The summed E-state index contributed by atoms with van der Waals surface area (Å²) in [5.41, 5.74) is 4.17. The average molecular weight is 367 g/mol. The van der Waals surface area contributed by atoms with Crippen LogP contribution in [0.25, 0.3) is 10.9 Å². The fourth-order valence-electron chi connectivity index (χ4n) is 5.53. The number of hydrogen-bond acceptors (Lipinski definition) is 3. The van der Waals surface area contributed by atoms with Gasteiger partial charge >= 0.3 is 6.09 Å². The maximum Gasteiger partial charge on any atom is 0.409 e. The third kappa shape index (κ3) is 3.02. The van der Waals surface area contributed by atoms with E-state index in [4.69, 9.17) is 4.74 Å². The zero-order chi connectivity index (χ0) is 18.4. The largest absolute Gasteiger partial charge is 0.449 e. The van der Waals surface area contributed by atoms with Gasteiger partial charge in [0.15, 0.2) is 0 Å². The topological polar surface area (TPSA) is 48.6 Å². The van der Waals surface area contributed by atoms with E-state index in [1.54, 1.807) is 0 Å². The van der Waals surface area contributed by atoms with Gasteiger partial charge in [0.1, 0.15) is 0 Å². The average Bonchev–Trinajstić information content (AvgIpc) is 3.12. The number of carbonyl (C=O) groups excluding carboxylic acids is 1. The molecule has 1 amide bonds. The Labute approximate surface area is 160 Å². The summed E-state index contributed by atoms with van der Waals surface area (Å²) < 4.78 is 5.73. The number of piperidine rings is 2. The van der Waals surface area contributed by atoms with Gasteiger partial charge in [-0.15, -0.1) is 0 Å². The molecule has 1 N–H and O–H groups in total. The highest BCUT2D eigenvalue weighted by atomic mass is 16.6. The van der Waals surface area contributed by atoms with Crippen LogP contribution >= 0.6 is 0 Å². The van der Waals surface area contributed by atoms with Gasteiger partial charge in [0, 0.05) is 54.6 Å². The van der Waals surface area contributed by atoms with Crippen LogP contribution < -0.4 is 0 Å². The van der Waals surface area contributed by atoms with E-state index in [-0.39, 0.29) is 6.09 Å². The molecule has 0 bridgehead atoms. The maximum atomic E-state index is 12.4. The van der Waals surface area contributed by atoms with Crippen LogP contribution in [0.1, 0.15) is 42.7 Å². The van der Waals surface area contributed by atoms with Gasteiger partial charge in [0.25, 0.3) is 0 Å². The first-order valence-electron chi connectivity index (χ1n) is 10.4. The molecule has 0 saturated carbocycles. The third-order valence-electron chi connectivity index (χ3n) is 6.87. The van der Waals surface area contributed by atoms with Crippen LogP contribution in [0.3, 0.4) is 0 Å². The quantitative estimate of drug-likeness (QED) is 0.879. The van der Waals surface area contributed by atoms with Gasteiger partial charge in [-0.2, -0.15) is 0 Å². The molecule has 3 heterocycles. The molecular formula is C22H29N3O2. The molecule has 27 heavy (non-hydrogen) atoms. The highest BCUT2D eigenvalue weighted by Crippen LogP contribution is 2.44. The van der Waals surface area contributed by atoms with Crippen molar-refractivity contribution in [3.05, 3.63) is 35.5 Å². The molecule has 1 aromatic carbocycles. The first-order chi connectivity index (χ1) is 13.2. The van der Waals surface area contributed by atoms with Crippen molar-refractivity contribution in [1.29, 1.82) is 0 Å². The Morgan fingerprint density at radius 2 is 2.11 bits per heavy atom. The van der Waals surface area contributed by atoms with Crippen LogP contribution in [0.15, 0.2) is 24.4 Å². The molecule has 0 unspecified atom stereocenters. The van der Waals surface area contributed by atoms with E-state index >= 15 is 0 Å². The molecule has 0 spiro atoms. The van der Waals surface area contributed by atoms with Crippen LogP contribution in [0.5, 0.6) is 0 Å². The number of ether oxygens (including phenoxy) is 1. The standard InChI is InChI=1S/C22H29N3O2/c1-24-13-15(14-27-22(26)25-8-3-2-4-9-25)10-18-17-6-5-7-19-21(17)16(12-23-19)11-20(18)24/h5-7,12,15,18,20,23H,2-4,8-11,13-14H2,1H3/t15-,18-,20-/m1/s1.